The van der Waals surface area contributed by atoms with E-state index < -0.39 is 11.8 Å². The first-order valence-electron chi connectivity index (χ1n) is 6.74. The number of hydrogen-bond donors (Lipinski definition) is 1. The van der Waals surface area contributed by atoms with Crippen LogP contribution in [0.15, 0.2) is 0 Å². The van der Waals surface area contributed by atoms with Crippen molar-refractivity contribution in [3.05, 3.63) is 0 Å². The zero-order valence-electron chi connectivity index (χ0n) is 11.2. The number of carbonyl (C=O) groups is 1. The van der Waals surface area contributed by atoms with Crippen LogP contribution in [0.4, 0.5) is 4.79 Å². The minimum atomic E-state index is -0.892. The van der Waals surface area contributed by atoms with Gasteiger partial charge in [-0.25, -0.2) is 4.79 Å². The summed E-state index contributed by atoms with van der Waals surface area (Å²) in [4.78, 5) is 12.8. The summed E-state index contributed by atoms with van der Waals surface area (Å²) < 4.78 is 11.2. The van der Waals surface area contributed by atoms with Gasteiger partial charge in [0, 0.05) is 13.2 Å². The Morgan fingerprint density at radius 1 is 1.39 bits per heavy atom. The number of carboxylic acid groups (broad SMARTS) is 1. The fraction of sp³-hybridized carbons (Fsp3) is 0.923. The predicted molar refractivity (Wildman–Crippen MR) is 66.5 cm³/mol. The molecule has 2 fully saturated rings. The summed E-state index contributed by atoms with van der Waals surface area (Å²) in [5, 5.41) is 9.32. The van der Waals surface area contributed by atoms with E-state index in [1.165, 1.54) is 11.3 Å². The molecule has 0 aromatic heterocycles. The van der Waals surface area contributed by atoms with Crippen molar-refractivity contribution in [3.63, 3.8) is 0 Å². The molecule has 104 valence electrons. The first-order valence-corrected chi connectivity index (χ1v) is 6.74. The molecule has 0 aliphatic carbocycles. The first kappa shape index (κ1) is 13.6. The monoisotopic (exact) mass is 257 g/mol. The number of hydrogen-bond acceptors (Lipinski definition) is 3. The molecule has 1 N–H and O–H groups in total. The summed E-state index contributed by atoms with van der Waals surface area (Å²) >= 11 is 0. The van der Waals surface area contributed by atoms with Gasteiger partial charge in [0.25, 0.3) is 0 Å². The molecule has 0 spiro atoms. The maximum Gasteiger partial charge on any atom is 0.409 e. The molecule has 1 unspecified atom stereocenters. The zero-order chi connectivity index (χ0) is 13.2. The summed E-state index contributed by atoms with van der Waals surface area (Å²) in [5.41, 5.74) is -0.706. The summed E-state index contributed by atoms with van der Waals surface area (Å²) in [7, 11) is 0. The van der Waals surface area contributed by atoms with Crippen molar-refractivity contribution >= 4 is 6.09 Å². The van der Waals surface area contributed by atoms with Crippen molar-refractivity contribution in [1.29, 1.82) is 0 Å². The molecule has 2 rings (SSSR count). The highest BCUT2D eigenvalue weighted by Gasteiger charge is 2.44. The van der Waals surface area contributed by atoms with Crippen LogP contribution in [0.3, 0.4) is 0 Å². The summed E-state index contributed by atoms with van der Waals surface area (Å²) in [5.74, 6) is 0.455. The molecule has 0 aromatic carbocycles. The Hall–Kier alpha value is -0.810. The van der Waals surface area contributed by atoms with Crippen LogP contribution in [0.1, 0.15) is 39.5 Å². The van der Waals surface area contributed by atoms with Crippen molar-refractivity contribution in [3.8, 4) is 0 Å². The Balaban J connectivity index is 1.97. The Labute approximate surface area is 108 Å². The van der Waals surface area contributed by atoms with Crippen LogP contribution in [0.2, 0.25) is 0 Å². The second-order valence-corrected chi connectivity index (χ2v) is 5.74. The minimum Gasteiger partial charge on any atom is -0.465 e. The van der Waals surface area contributed by atoms with Crippen molar-refractivity contribution < 1.29 is 19.4 Å². The van der Waals surface area contributed by atoms with Crippen LogP contribution in [0.25, 0.3) is 0 Å². The quantitative estimate of drug-likeness (QED) is 0.824. The van der Waals surface area contributed by atoms with Gasteiger partial charge < -0.3 is 14.6 Å². The molecule has 2 saturated heterocycles. The number of ether oxygens (including phenoxy) is 2. The van der Waals surface area contributed by atoms with Crippen LogP contribution >= 0.6 is 0 Å². The van der Waals surface area contributed by atoms with Gasteiger partial charge in [-0.05, 0) is 39.0 Å². The third-order valence-corrected chi connectivity index (χ3v) is 3.89. The summed E-state index contributed by atoms with van der Waals surface area (Å²) in [6.07, 6.45) is 3.37. The molecule has 0 aromatic rings. The normalized spacial score (nSPS) is 32.2. The van der Waals surface area contributed by atoms with Crippen LogP contribution in [-0.2, 0) is 9.47 Å². The average Bonchev–Trinajstić information content (AvgIpc) is 2.49. The van der Waals surface area contributed by atoms with E-state index in [2.05, 4.69) is 0 Å². The standard InChI is InChI=1S/C13H23NO4/c1-13(2)14(12(15)16)11(9-18-13)7-10-5-3-4-6-17-8-10/h10-11H,3-9H2,1-2H3,(H,15,16)/t10-,11?/m1/s1. The Kier molecular flexibility index (Phi) is 4.12. The van der Waals surface area contributed by atoms with Crippen LogP contribution < -0.4 is 0 Å². The van der Waals surface area contributed by atoms with Gasteiger partial charge in [-0.3, -0.25) is 4.90 Å². The van der Waals surface area contributed by atoms with Gasteiger partial charge in [0.05, 0.1) is 12.6 Å². The summed E-state index contributed by atoms with van der Waals surface area (Å²) in [6.45, 7) is 5.71. The second kappa shape index (κ2) is 5.45. The molecule has 5 nitrogen and oxygen atoms in total. The maximum absolute atomic E-state index is 11.4. The smallest absolute Gasteiger partial charge is 0.409 e. The lowest BCUT2D eigenvalue weighted by Crippen LogP contribution is -2.47. The molecule has 2 aliphatic heterocycles. The van der Waals surface area contributed by atoms with Gasteiger partial charge in [0.1, 0.15) is 5.72 Å². The van der Waals surface area contributed by atoms with E-state index in [0.717, 1.165) is 32.5 Å². The van der Waals surface area contributed by atoms with Crippen LogP contribution in [0.5, 0.6) is 0 Å². The van der Waals surface area contributed by atoms with Gasteiger partial charge >= 0.3 is 6.09 Å². The third-order valence-electron chi connectivity index (χ3n) is 3.89. The molecule has 1 amide bonds. The van der Waals surface area contributed by atoms with Crippen molar-refractivity contribution in [2.24, 2.45) is 5.92 Å². The molecule has 2 heterocycles. The number of amides is 1. The third kappa shape index (κ3) is 2.95. The highest BCUT2D eigenvalue weighted by atomic mass is 16.5. The molecular weight excluding hydrogens is 234 g/mol. The van der Waals surface area contributed by atoms with E-state index in [4.69, 9.17) is 9.47 Å². The molecular formula is C13H23NO4. The summed E-state index contributed by atoms with van der Waals surface area (Å²) in [6, 6.07) is -0.0378. The lowest BCUT2D eigenvalue weighted by molar-refractivity contribution is -0.0427. The van der Waals surface area contributed by atoms with Crippen molar-refractivity contribution in [2.45, 2.75) is 51.3 Å². The van der Waals surface area contributed by atoms with Gasteiger partial charge in [-0.1, -0.05) is 6.42 Å². The van der Waals surface area contributed by atoms with Crippen LogP contribution in [-0.4, -0.2) is 47.7 Å². The average molecular weight is 257 g/mol. The molecule has 5 heteroatoms. The first-order chi connectivity index (χ1) is 8.50. The number of nitrogens with zero attached hydrogens (tertiary/aromatic N) is 1. The van der Waals surface area contributed by atoms with Crippen LogP contribution in [0, 0.1) is 5.92 Å². The fourth-order valence-corrected chi connectivity index (χ4v) is 2.98. The van der Waals surface area contributed by atoms with E-state index in [9.17, 15) is 9.90 Å². The lowest BCUT2D eigenvalue weighted by Gasteiger charge is -2.32. The minimum absolute atomic E-state index is 0.0378. The van der Waals surface area contributed by atoms with Gasteiger partial charge in [-0.2, -0.15) is 0 Å². The maximum atomic E-state index is 11.4. The van der Waals surface area contributed by atoms with Crippen molar-refractivity contribution in [1.82, 2.24) is 4.90 Å². The van der Waals surface area contributed by atoms with E-state index in [1.807, 2.05) is 13.8 Å². The van der Waals surface area contributed by atoms with Crippen molar-refractivity contribution in [2.75, 3.05) is 19.8 Å². The molecule has 2 atom stereocenters. The largest absolute Gasteiger partial charge is 0.465 e. The van der Waals surface area contributed by atoms with E-state index in [-0.39, 0.29) is 6.04 Å². The van der Waals surface area contributed by atoms with E-state index >= 15 is 0 Å². The molecule has 0 saturated carbocycles. The van der Waals surface area contributed by atoms with Gasteiger partial charge in [0.2, 0.25) is 0 Å². The topological polar surface area (TPSA) is 59.0 Å². The molecule has 18 heavy (non-hydrogen) atoms. The van der Waals surface area contributed by atoms with E-state index in [1.54, 1.807) is 0 Å². The molecule has 2 aliphatic rings. The Morgan fingerprint density at radius 3 is 2.89 bits per heavy atom. The molecule has 0 bridgehead atoms. The van der Waals surface area contributed by atoms with Gasteiger partial charge in [0.15, 0.2) is 0 Å². The number of rotatable bonds is 2. The fourth-order valence-electron chi connectivity index (χ4n) is 2.98. The Morgan fingerprint density at radius 2 is 2.17 bits per heavy atom. The highest BCUT2D eigenvalue weighted by Crippen LogP contribution is 2.32. The Bertz CT molecular complexity index is 297. The zero-order valence-corrected chi connectivity index (χ0v) is 11.2. The predicted octanol–water partition coefficient (Wildman–Crippen LogP) is 2.31. The lowest BCUT2D eigenvalue weighted by atomic mass is 9.95. The SMILES string of the molecule is CC1(C)OCC(C[C@H]2CCCCOC2)N1C(=O)O. The van der Waals surface area contributed by atoms with Gasteiger partial charge in [-0.15, -0.1) is 0 Å². The van der Waals surface area contributed by atoms with E-state index in [0.29, 0.717) is 12.5 Å². The molecule has 0 radical (unpaired) electrons. The second-order valence-electron chi connectivity index (χ2n) is 5.74. The highest BCUT2D eigenvalue weighted by molar-refractivity contribution is 5.66.